The number of hydrogen-bond acceptors (Lipinski definition) is 3. The molecule has 118 valence electrons. The number of nitrogens with two attached hydrogens (primary N) is 1. The van der Waals surface area contributed by atoms with Crippen LogP contribution in [0.1, 0.15) is 21.6 Å². The standard InChI is InChI=1S/C15H18F2N4O/c1-11-13(14(22)19-10-15(16,17)9-18)7-20-21(11)8-12-5-3-2-4-6-12/h2-7H,8-10,18H2,1H3,(H,19,22). The number of aromatic nitrogens is 2. The average Bonchev–Trinajstić information content (AvgIpc) is 2.87. The summed E-state index contributed by atoms with van der Waals surface area (Å²) in [5.74, 6) is -3.69. The van der Waals surface area contributed by atoms with Crippen LogP contribution in [0.4, 0.5) is 8.78 Å². The highest BCUT2D eigenvalue weighted by molar-refractivity contribution is 5.95. The minimum absolute atomic E-state index is 0.281. The topological polar surface area (TPSA) is 72.9 Å². The van der Waals surface area contributed by atoms with Gasteiger partial charge in [0, 0.05) is 5.69 Å². The van der Waals surface area contributed by atoms with Crippen LogP contribution in [-0.2, 0) is 6.54 Å². The van der Waals surface area contributed by atoms with Crippen LogP contribution in [0.2, 0.25) is 0 Å². The van der Waals surface area contributed by atoms with E-state index in [4.69, 9.17) is 5.73 Å². The first-order valence-corrected chi connectivity index (χ1v) is 6.85. The number of alkyl halides is 2. The first-order chi connectivity index (χ1) is 10.4. The van der Waals surface area contributed by atoms with E-state index in [1.165, 1.54) is 6.20 Å². The highest BCUT2D eigenvalue weighted by Crippen LogP contribution is 2.12. The summed E-state index contributed by atoms with van der Waals surface area (Å²) in [4.78, 5) is 12.0. The molecule has 2 aromatic rings. The molecule has 1 amide bonds. The zero-order valence-electron chi connectivity index (χ0n) is 12.2. The van der Waals surface area contributed by atoms with Crippen LogP contribution in [0, 0.1) is 6.92 Å². The fraction of sp³-hybridized carbons (Fsp3) is 0.333. The number of benzene rings is 1. The van der Waals surface area contributed by atoms with Crippen molar-refractivity contribution in [3.63, 3.8) is 0 Å². The normalized spacial score (nSPS) is 11.5. The van der Waals surface area contributed by atoms with E-state index < -0.39 is 24.9 Å². The third kappa shape index (κ3) is 3.88. The number of amides is 1. The molecule has 0 saturated heterocycles. The van der Waals surface area contributed by atoms with Gasteiger partial charge in [0.2, 0.25) is 0 Å². The number of nitrogens with one attached hydrogen (secondary N) is 1. The molecule has 1 heterocycles. The molecular formula is C15H18F2N4O. The maximum atomic E-state index is 13.1. The van der Waals surface area contributed by atoms with Gasteiger partial charge in [0.1, 0.15) is 0 Å². The van der Waals surface area contributed by atoms with Crippen molar-refractivity contribution in [3.05, 3.63) is 53.3 Å². The first-order valence-electron chi connectivity index (χ1n) is 6.85. The fourth-order valence-corrected chi connectivity index (χ4v) is 1.96. The Morgan fingerprint density at radius 2 is 2.05 bits per heavy atom. The van der Waals surface area contributed by atoms with E-state index in [2.05, 4.69) is 10.4 Å². The van der Waals surface area contributed by atoms with Crippen molar-refractivity contribution < 1.29 is 13.6 Å². The molecule has 0 atom stereocenters. The number of rotatable bonds is 6. The SMILES string of the molecule is Cc1c(C(=O)NCC(F)(F)CN)cnn1Cc1ccccc1. The molecule has 0 saturated carbocycles. The molecule has 0 unspecified atom stereocenters. The summed E-state index contributed by atoms with van der Waals surface area (Å²) in [5, 5.41) is 6.33. The second-order valence-electron chi connectivity index (χ2n) is 5.03. The fourth-order valence-electron chi connectivity index (χ4n) is 1.96. The molecule has 0 fully saturated rings. The molecule has 1 aromatic heterocycles. The number of halogens is 2. The molecule has 0 radical (unpaired) electrons. The van der Waals surface area contributed by atoms with Gasteiger partial charge in [-0.2, -0.15) is 5.10 Å². The maximum Gasteiger partial charge on any atom is 0.277 e. The van der Waals surface area contributed by atoms with E-state index in [0.717, 1.165) is 5.56 Å². The lowest BCUT2D eigenvalue weighted by Crippen LogP contribution is -2.41. The van der Waals surface area contributed by atoms with Crippen LogP contribution >= 0.6 is 0 Å². The van der Waals surface area contributed by atoms with Gasteiger partial charge < -0.3 is 11.1 Å². The number of carbonyl (C=O) groups is 1. The second-order valence-corrected chi connectivity index (χ2v) is 5.03. The van der Waals surface area contributed by atoms with Crippen molar-refractivity contribution in [3.8, 4) is 0 Å². The van der Waals surface area contributed by atoms with Crippen molar-refractivity contribution in [2.24, 2.45) is 5.73 Å². The molecule has 5 nitrogen and oxygen atoms in total. The molecule has 0 aliphatic heterocycles. The van der Waals surface area contributed by atoms with Crippen molar-refractivity contribution in [2.45, 2.75) is 19.4 Å². The molecule has 0 bridgehead atoms. The van der Waals surface area contributed by atoms with Crippen LogP contribution in [-0.4, -0.2) is 34.7 Å². The van der Waals surface area contributed by atoms with Gasteiger partial charge in [-0.3, -0.25) is 9.48 Å². The molecule has 22 heavy (non-hydrogen) atoms. The first kappa shape index (κ1) is 16.1. The predicted molar refractivity (Wildman–Crippen MR) is 78.8 cm³/mol. The summed E-state index contributed by atoms with van der Waals surface area (Å²) in [5.41, 5.74) is 6.87. The summed E-state index contributed by atoms with van der Waals surface area (Å²) in [6.45, 7) is 0.649. The Hall–Kier alpha value is -2.28. The van der Waals surface area contributed by atoms with E-state index in [0.29, 0.717) is 12.2 Å². The largest absolute Gasteiger partial charge is 0.346 e. The molecular weight excluding hydrogens is 290 g/mol. The average molecular weight is 308 g/mol. The zero-order valence-corrected chi connectivity index (χ0v) is 12.2. The number of nitrogens with zero attached hydrogens (tertiary/aromatic N) is 2. The van der Waals surface area contributed by atoms with Gasteiger partial charge in [0.15, 0.2) is 0 Å². The smallest absolute Gasteiger partial charge is 0.277 e. The van der Waals surface area contributed by atoms with E-state index >= 15 is 0 Å². The predicted octanol–water partition coefficient (Wildman–Crippen LogP) is 1.56. The zero-order chi connectivity index (χ0) is 16.2. The van der Waals surface area contributed by atoms with Gasteiger partial charge in [-0.1, -0.05) is 30.3 Å². The second kappa shape index (κ2) is 6.65. The van der Waals surface area contributed by atoms with Gasteiger partial charge in [0.25, 0.3) is 11.8 Å². The minimum Gasteiger partial charge on any atom is -0.346 e. The van der Waals surface area contributed by atoms with Crippen molar-refractivity contribution >= 4 is 5.91 Å². The van der Waals surface area contributed by atoms with E-state index in [-0.39, 0.29) is 5.56 Å². The van der Waals surface area contributed by atoms with Crippen LogP contribution in [0.5, 0.6) is 0 Å². The summed E-state index contributed by atoms with van der Waals surface area (Å²) >= 11 is 0. The van der Waals surface area contributed by atoms with Gasteiger partial charge in [-0.15, -0.1) is 0 Å². The minimum atomic E-state index is -3.11. The number of carbonyl (C=O) groups excluding carboxylic acids is 1. The lowest BCUT2D eigenvalue weighted by atomic mass is 10.2. The lowest BCUT2D eigenvalue weighted by Gasteiger charge is -2.14. The highest BCUT2D eigenvalue weighted by Gasteiger charge is 2.28. The van der Waals surface area contributed by atoms with E-state index in [1.54, 1.807) is 11.6 Å². The Labute approximate surface area is 127 Å². The molecule has 0 aliphatic rings. The molecule has 7 heteroatoms. The Bertz CT molecular complexity index is 640. The third-order valence-electron chi connectivity index (χ3n) is 3.33. The molecule has 0 aliphatic carbocycles. The Morgan fingerprint density at radius 1 is 1.36 bits per heavy atom. The van der Waals surface area contributed by atoms with Crippen LogP contribution < -0.4 is 11.1 Å². The van der Waals surface area contributed by atoms with E-state index in [9.17, 15) is 13.6 Å². The Morgan fingerprint density at radius 3 is 2.68 bits per heavy atom. The highest BCUT2D eigenvalue weighted by atomic mass is 19.3. The maximum absolute atomic E-state index is 13.1. The third-order valence-corrected chi connectivity index (χ3v) is 3.33. The molecule has 3 N–H and O–H groups in total. The van der Waals surface area contributed by atoms with Crippen molar-refractivity contribution in [1.82, 2.24) is 15.1 Å². The molecule has 2 rings (SSSR count). The van der Waals surface area contributed by atoms with Gasteiger partial charge in [-0.05, 0) is 12.5 Å². The Balaban J connectivity index is 2.06. The van der Waals surface area contributed by atoms with Gasteiger partial charge in [0.05, 0.1) is 31.4 Å². The van der Waals surface area contributed by atoms with Crippen LogP contribution in [0.15, 0.2) is 36.5 Å². The van der Waals surface area contributed by atoms with Crippen LogP contribution in [0.3, 0.4) is 0 Å². The van der Waals surface area contributed by atoms with Gasteiger partial charge in [-0.25, -0.2) is 8.78 Å². The van der Waals surface area contributed by atoms with Crippen molar-refractivity contribution in [2.75, 3.05) is 13.1 Å². The summed E-state index contributed by atoms with van der Waals surface area (Å²) in [6.07, 6.45) is 1.38. The summed E-state index contributed by atoms with van der Waals surface area (Å²) in [7, 11) is 0. The van der Waals surface area contributed by atoms with Crippen molar-refractivity contribution in [1.29, 1.82) is 0 Å². The molecule has 0 spiro atoms. The summed E-state index contributed by atoms with van der Waals surface area (Å²) < 4.78 is 27.8. The van der Waals surface area contributed by atoms with Crippen LogP contribution in [0.25, 0.3) is 0 Å². The quantitative estimate of drug-likeness (QED) is 0.850. The Kier molecular flexibility index (Phi) is 4.87. The molecule has 1 aromatic carbocycles. The number of hydrogen-bond donors (Lipinski definition) is 2. The summed E-state index contributed by atoms with van der Waals surface area (Å²) in [6, 6.07) is 9.63. The lowest BCUT2D eigenvalue weighted by molar-refractivity contribution is 0.0118. The van der Waals surface area contributed by atoms with E-state index in [1.807, 2.05) is 30.3 Å². The monoisotopic (exact) mass is 308 g/mol. The van der Waals surface area contributed by atoms with Gasteiger partial charge >= 0.3 is 0 Å².